The summed E-state index contributed by atoms with van der Waals surface area (Å²) in [5, 5.41) is 2.56. The molecule has 2 N–H and O–H groups in total. The van der Waals surface area contributed by atoms with Crippen LogP contribution >= 0.6 is 0 Å². The Bertz CT molecular complexity index is 1450. The molecule has 9 nitrogen and oxygen atoms in total. The number of ether oxygens (including phenoxy) is 1. The molecule has 3 aromatic rings. The van der Waals surface area contributed by atoms with Crippen molar-refractivity contribution >= 4 is 23.1 Å². The largest absolute Gasteiger partial charge is 0.417 e. The van der Waals surface area contributed by atoms with E-state index in [-0.39, 0.29) is 11.3 Å². The van der Waals surface area contributed by atoms with E-state index in [9.17, 15) is 22.8 Å². The molecule has 40 heavy (non-hydrogen) atoms. The Kier molecular flexibility index (Phi) is 7.76. The van der Waals surface area contributed by atoms with Crippen LogP contribution in [0.15, 0.2) is 47.5 Å². The third-order valence-corrected chi connectivity index (χ3v) is 7.04. The summed E-state index contributed by atoms with van der Waals surface area (Å²) in [5.74, 6) is -0.997. The first kappa shape index (κ1) is 27.6. The number of piperazine rings is 1. The lowest BCUT2D eigenvalue weighted by atomic mass is 10.0. The standard InChI is InChI=1S/C27H28F4N6O3/c1-35-4-6-36(7-5-35)23-15-21(28)18(17-2-3-32-24(12-17)37-8-10-40-11-9-37)13-22(23)34-26(39)19-16-33-25(38)14-20(19)27(29,30)31/h2-3,12-16H,4-11H2,1H3,(H,33,38)(H,34,39). The number of carbonyl (C=O) groups excluding carboxylic acids is 1. The van der Waals surface area contributed by atoms with Crippen LogP contribution in [-0.4, -0.2) is 80.3 Å². The lowest BCUT2D eigenvalue weighted by molar-refractivity contribution is -0.138. The van der Waals surface area contributed by atoms with Crippen molar-refractivity contribution in [2.45, 2.75) is 6.18 Å². The molecular formula is C27H28F4N6O3. The van der Waals surface area contributed by atoms with Crippen molar-refractivity contribution in [2.24, 2.45) is 0 Å². The van der Waals surface area contributed by atoms with E-state index in [0.717, 1.165) is 6.20 Å². The minimum Gasteiger partial charge on any atom is -0.378 e. The number of likely N-dealkylation sites (N-methyl/N-ethyl adjacent to an activating group) is 1. The normalized spacial score (nSPS) is 16.7. The average Bonchev–Trinajstić information content (AvgIpc) is 2.94. The molecule has 1 amide bonds. The monoisotopic (exact) mass is 560 g/mol. The minimum absolute atomic E-state index is 0.148. The number of hydrogen-bond donors (Lipinski definition) is 2. The number of nitrogens with zero attached hydrogens (tertiary/aromatic N) is 4. The van der Waals surface area contributed by atoms with Crippen LogP contribution in [0.3, 0.4) is 0 Å². The molecule has 2 aromatic heterocycles. The zero-order chi connectivity index (χ0) is 28.4. The van der Waals surface area contributed by atoms with Crippen LogP contribution in [0, 0.1) is 5.82 Å². The van der Waals surface area contributed by atoms with E-state index in [4.69, 9.17) is 4.74 Å². The number of morpholine rings is 1. The van der Waals surface area contributed by atoms with Crippen LogP contribution in [0.4, 0.5) is 34.8 Å². The van der Waals surface area contributed by atoms with Crippen LogP contribution in [0.25, 0.3) is 11.1 Å². The van der Waals surface area contributed by atoms with Gasteiger partial charge in [0.05, 0.1) is 35.7 Å². The van der Waals surface area contributed by atoms with E-state index in [1.54, 1.807) is 18.3 Å². The lowest BCUT2D eigenvalue weighted by Gasteiger charge is -2.35. The molecule has 0 saturated carbocycles. The third kappa shape index (κ3) is 5.94. The van der Waals surface area contributed by atoms with Crippen molar-refractivity contribution in [2.75, 3.05) is 74.6 Å². The van der Waals surface area contributed by atoms with E-state index >= 15 is 4.39 Å². The number of rotatable bonds is 5. The summed E-state index contributed by atoms with van der Waals surface area (Å²) in [5.41, 5.74) is -1.95. The first-order valence-electron chi connectivity index (χ1n) is 12.8. The highest BCUT2D eigenvalue weighted by Gasteiger charge is 2.36. The fourth-order valence-corrected chi connectivity index (χ4v) is 4.83. The van der Waals surface area contributed by atoms with Crippen LogP contribution < -0.4 is 20.7 Å². The van der Waals surface area contributed by atoms with Gasteiger partial charge in [0.1, 0.15) is 11.6 Å². The lowest BCUT2D eigenvalue weighted by Crippen LogP contribution is -2.44. The van der Waals surface area contributed by atoms with E-state index in [2.05, 4.69) is 20.2 Å². The molecule has 2 aliphatic heterocycles. The quantitative estimate of drug-likeness (QED) is 0.462. The van der Waals surface area contributed by atoms with E-state index in [1.165, 1.54) is 12.1 Å². The predicted octanol–water partition coefficient (Wildman–Crippen LogP) is 3.44. The Morgan fingerprint density at radius 2 is 1.75 bits per heavy atom. The molecular weight excluding hydrogens is 532 g/mol. The molecule has 13 heteroatoms. The van der Waals surface area contributed by atoms with E-state index in [1.807, 2.05) is 16.8 Å². The second-order valence-corrected chi connectivity index (χ2v) is 9.72. The third-order valence-electron chi connectivity index (χ3n) is 7.04. The van der Waals surface area contributed by atoms with Gasteiger partial charge in [-0.05, 0) is 36.9 Å². The maximum Gasteiger partial charge on any atom is 0.417 e. The number of pyridine rings is 2. The number of amides is 1. The molecule has 2 fully saturated rings. The van der Waals surface area contributed by atoms with Crippen LogP contribution in [0.2, 0.25) is 0 Å². The van der Waals surface area contributed by atoms with Crippen molar-refractivity contribution in [3.05, 3.63) is 70.0 Å². The number of aromatic amines is 1. The zero-order valence-corrected chi connectivity index (χ0v) is 21.7. The number of anilines is 3. The van der Waals surface area contributed by atoms with Gasteiger partial charge in [-0.15, -0.1) is 0 Å². The van der Waals surface area contributed by atoms with Gasteiger partial charge in [-0.1, -0.05) is 0 Å². The van der Waals surface area contributed by atoms with Crippen LogP contribution in [-0.2, 0) is 10.9 Å². The van der Waals surface area contributed by atoms with Crippen molar-refractivity contribution in [3.8, 4) is 11.1 Å². The van der Waals surface area contributed by atoms with Gasteiger partial charge in [-0.2, -0.15) is 13.2 Å². The van der Waals surface area contributed by atoms with Crippen molar-refractivity contribution in [3.63, 3.8) is 0 Å². The van der Waals surface area contributed by atoms with Gasteiger partial charge < -0.3 is 29.7 Å². The predicted molar refractivity (Wildman–Crippen MR) is 142 cm³/mol. The molecule has 0 spiro atoms. The summed E-state index contributed by atoms with van der Waals surface area (Å²) in [6, 6.07) is 6.43. The molecule has 0 unspecified atom stereocenters. The smallest absolute Gasteiger partial charge is 0.378 e. The van der Waals surface area contributed by atoms with Crippen LogP contribution in [0.1, 0.15) is 15.9 Å². The molecule has 0 aliphatic carbocycles. The highest BCUT2D eigenvalue weighted by molar-refractivity contribution is 6.07. The van der Waals surface area contributed by atoms with Gasteiger partial charge in [-0.3, -0.25) is 9.59 Å². The van der Waals surface area contributed by atoms with Crippen molar-refractivity contribution in [1.82, 2.24) is 14.9 Å². The van der Waals surface area contributed by atoms with Gasteiger partial charge in [0.15, 0.2) is 0 Å². The number of hydrogen-bond acceptors (Lipinski definition) is 7. The summed E-state index contributed by atoms with van der Waals surface area (Å²) in [7, 11) is 1.95. The van der Waals surface area contributed by atoms with E-state index in [0.29, 0.717) is 75.6 Å². The summed E-state index contributed by atoms with van der Waals surface area (Å²) < 4.78 is 62.0. The molecule has 1 aromatic carbocycles. The summed E-state index contributed by atoms with van der Waals surface area (Å²) >= 11 is 0. The Labute approximate surface area is 227 Å². The number of halogens is 4. The second kappa shape index (κ2) is 11.3. The first-order chi connectivity index (χ1) is 19.1. The van der Waals surface area contributed by atoms with Gasteiger partial charge in [-0.25, -0.2) is 9.37 Å². The Hall–Kier alpha value is -3.97. The number of benzene rings is 1. The number of alkyl halides is 3. The summed E-state index contributed by atoms with van der Waals surface area (Å²) in [4.78, 5) is 37.3. The summed E-state index contributed by atoms with van der Waals surface area (Å²) in [6.07, 6.45) is -2.64. The molecule has 0 bridgehead atoms. The molecule has 2 saturated heterocycles. The minimum atomic E-state index is -4.93. The molecule has 2 aliphatic rings. The van der Waals surface area contributed by atoms with Gasteiger partial charge in [0.25, 0.3) is 5.91 Å². The molecule has 5 rings (SSSR count). The maximum absolute atomic E-state index is 15.7. The first-order valence-corrected chi connectivity index (χ1v) is 12.8. The fourth-order valence-electron chi connectivity index (χ4n) is 4.83. The van der Waals surface area contributed by atoms with Crippen LogP contribution in [0.5, 0.6) is 0 Å². The number of nitrogens with one attached hydrogen (secondary N) is 2. The second-order valence-electron chi connectivity index (χ2n) is 9.72. The number of carbonyl (C=O) groups is 1. The van der Waals surface area contributed by atoms with Crippen molar-refractivity contribution in [1.29, 1.82) is 0 Å². The Morgan fingerprint density at radius 1 is 1.02 bits per heavy atom. The maximum atomic E-state index is 15.7. The fraction of sp³-hybridized carbons (Fsp3) is 0.370. The topological polar surface area (TPSA) is 93.8 Å². The molecule has 212 valence electrons. The summed E-state index contributed by atoms with van der Waals surface area (Å²) in [6.45, 7) is 4.76. The Balaban J connectivity index is 1.55. The Morgan fingerprint density at radius 3 is 2.45 bits per heavy atom. The molecule has 0 radical (unpaired) electrons. The molecule has 0 atom stereocenters. The highest BCUT2D eigenvalue weighted by Crippen LogP contribution is 2.37. The number of H-pyrrole nitrogens is 1. The molecule has 4 heterocycles. The van der Waals surface area contributed by atoms with Gasteiger partial charge >= 0.3 is 6.18 Å². The number of aromatic nitrogens is 2. The highest BCUT2D eigenvalue weighted by atomic mass is 19.4. The SMILES string of the molecule is CN1CCN(c2cc(F)c(-c3ccnc(N4CCOCC4)c3)cc2NC(=O)c2c[nH]c(=O)cc2C(F)(F)F)CC1. The van der Waals surface area contributed by atoms with Gasteiger partial charge in [0.2, 0.25) is 5.56 Å². The average molecular weight is 561 g/mol. The zero-order valence-electron chi connectivity index (χ0n) is 21.7. The van der Waals surface area contributed by atoms with Gasteiger partial charge in [0, 0.05) is 63.3 Å². The van der Waals surface area contributed by atoms with Crippen molar-refractivity contribution < 1.29 is 27.1 Å². The van der Waals surface area contributed by atoms with E-state index < -0.39 is 34.6 Å².